The Kier molecular flexibility index (Phi) is 3.93. The van der Waals surface area contributed by atoms with Crippen LogP contribution in [0.25, 0.3) is 0 Å². The van der Waals surface area contributed by atoms with Gasteiger partial charge in [-0.3, -0.25) is 0 Å². The van der Waals surface area contributed by atoms with E-state index in [1.165, 1.54) is 0 Å². The van der Waals surface area contributed by atoms with Crippen LogP contribution in [-0.4, -0.2) is 19.7 Å². The Balaban J connectivity index is 3.35. The first-order valence-corrected chi connectivity index (χ1v) is 5.34. The molecule has 0 saturated carbocycles. The fraction of sp³-hybridized carbons (Fsp3) is 0.462. The van der Waals surface area contributed by atoms with Crippen molar-refractivity contribution in [1.82, 2.24) is 0 Å². The number of hydrogen-bond donors (Lipinski definition) is 0. The summed E-state index contributed by atoms with van der Waals surface area (Å²) in [6, 6.07) is 1.87. The molecule has 0 spiro atoms. The van der Waals surface area contributed by atoms with Crippen LogP contribution in [0.1, 0.15) is 34.0 Å². The van der Waals surface area contributed by atoms with Crippen molar-refractivity contribution in [3.63, 3.8) is 0 Å². The second kappa shape index (κ2) is 5.01. The van der Waals surface area contributed by atoms with Crippen molar-refractivity contribution in [3.05, 3.63) is 28.3 Å². The average molecular weight is 222 g/mol. The number of methoxy groups -OCH3 is 1. The van der Waals surface area contributed by atoms with Crippen molar-refractivity contribution in [1.29, 1.82) is 0 Å². The first kappa shape index (κ1) is 12.6. The van der Waals surface area contributed by atoms with Gasteiger partial charge in [0.2, 0.25) is 0 Å². The molecule has 3 heteroatoms. The smallest absolute Gasteiger partial charge is 0.342 e. The van der Waals surface area contributed by atoms with E-state index in [1.54, 1.807) is 14.0 Å². The van der Waals surface area contributed by atoms with E-state index in [4.69, 9.17) is 9.47 Å². The predicted octanol–water partition coefficient (Wildman–Crippen LogP) is 2.80. The van der Waals surface area contributed by atoms with Gasteiger partial charge in [-0.15, -0.1) is 0 Å². The summed E-state index contributed by atoms with van der Waals surface area (Å²) in [4.78, 5) is 11.8. The maximum atomic E-state index is 11.8. The zero-order chi connectivity index (χ0) is 12.3. The Morgan fingerprint density at radius 2 is 1.88 bits per heavy atom. The zero-order valence-corrected chi connectivity index (χ0v) is 10.5. The number of rotatable bonds is 3. The highest BCUT2D eigenvalue weighted by Gasteiger charge is 2.19. The van der Waals surface area contributed by atoms with Crippen molar-refractivity contribution < 1.29 is 14.3 Å². The van der Waals surface area contributed by atoms with Crippen LogP contribution >= 0.6 is 0 Å². The summed E-state index contributed by atoms with van der Waals surface area (Å²) < 4.78 is 10.3. The van der Waals surface area contributed by atoms with Crippen molar-refractivity contribution >= 4 is 5.97 Å². The average Bonchev–Trinajstić information content (AvgIpc) is 2.25. The van der Waals surface area contributed by atoms with E-state index in [0.717, 1.165) is 16.7 Å². The summed E-state index contributed by atoms with van der Waals surface area (Å²) in [6.07, 6.45) is 0. The van der Waals surface area contributed by atoms with E-state index in [2.05, 4.69) is 0 Å². The number of hydrogen-bond acceptors (Lipinski definition) is 3. The van der Waals surface area contributed by atoms with Gasteiger partial charge in [0.15, 0.2) is 0 Å². The molecule has 0 N–H and O–H groups in total. The van der Waals surface area contributed by atoms with Crippen LogP contribution in [0.2, 0.25) is 0 Å². The van der Waals surface area contributed by atoms with Crippen LogP contribution in [0.15, 0.2) is 6.07 Å². The van der Waals surface area contributed by atoms with E-state index < -0.39 is 0 Å². The molecule has 0 bridgehead atoms. The lowest BCUT2D eigenvalue weighted by molar-refractivity contribution is 0.0521. The largest absolute Gasteiger partial charge is 0.496 e. The van der Waals surface area contributed by atoms with Crippen molar-refractivity contribution in [2.24, 2.45) is 0 Å². The first-order valence-electron chi connectivity index (χ1n) is 5.34. The highest BCUT2D eigenvalue weighted by atomic mass is 16.5. The number of ether oxygens (including phenoxy) is 2. The third-order valence-electron chi connectivity index (χ3n) is 2.82. The van der Waals surface area contributed by atoms with Gasteiger partial charge in [-0.2, -0.15) is 0 Å². The topological polar surface area (TPSA) is 35.5 Å². The van der Waals surface area contributed by atoms with E-state index in [-0.39, 0.29) is 5.97 Å². The van der Waals surface area contributed by atoms with Crippen LogP contribution in [0.4, 0.5) is 0 Å². The molecule has 0 saturated heterocycles. The molecular formula is C13H18O3. The Morgan fingerprint density at radius 3 is 2.38 bits per heavy atom. The molecule has 0 amide bonds. The second-order valence-electron chi connectivity index (χ2n) is 3.74. The second-order valence-corrected chi connectivity index (χ2v) is 3.74. The van der Waals surface area contributed by atoms with Gasteiger partial charge < -0.3 is 9.47 Å². The molecule has 0 unspecified atom stereocenters. The molecule has 1 aromatic carbocycles. The maximum Gasteiger partial charge on any atom is 0.342 e. The molecule has 88 valence electrons. The number of aryl methyl sites for hydroxylation is 1. The SMILES string of the molecule is CCOC(=O)c1c(OC)cc(C)c(C)c1C. The van der Waals surface area contributed by atoms with Gasteiger partial charge in [0.1, 0.15) is 11.3 Å². The lowest BCUT2D eigenvalue weighted by atomic mass is 9.98. The number of carbonyl (C=O) groups is 1. The summed E-state index contributed by atoms with van der Waals surface area (Å²) in [7, 11) is 1.56. The highest BCUT2D eigenvalue weighted by molar-refractivity contribution is 5.94. The minimum Gasteiger partial charge on any atom is -0.496 e. The quantitative estimate of drug-likeness (QED) is 0.738. The minimum absolute atomic E-state index is 0.319. The first-order chi connectivity index (χ1) is 7.52. The number of carbonyl (C=O) groups excluding carboxylic acids is 1. The standard InChI is InChI=1S/C13H18O3/c1-6-16-13(14)12-10(4)9(3)8(2)7-11(12)15-5/h7H,6H2,1-5H3. The minimum atomic E-state index is -0.319. The molecule has 0 fully saturated rings. The summed E-state index contributed by atoms with van der Waals surface area (Å²) in [5, 5.41) is 0. The van der Waals surface area contributed by atoms with Crippen molar-refractivity contribution in [3.8, 4) is 5.75 Å². The van der Waals surface area contributed by atoms with Gasteiger partial charge >= 0.3 is 5.97 Å². The monoisotopic (exact) mass is 222 g/mol. The molecule has 0 aliphatic heterocycles. The highest BCUT2D eigenvalue weighted by Crippen LogP contribution is 2.28. The molecule has 0 radical (unpaired) electrons. The third-order valence-corrected chi connectivity index (χ3v) is 2.82. The molecule has 0 heterocycles. The molecule has 0 aliphatic rings. The fourth-order valence-electron chi connectivity index (χ4n) is 1.66. The van der Waals surface area contributed by atoms with E-state index in [0.29, 0.717) is 17.9 Å². The Bertz CT molecular complexity index is 408. The molecule has 3 nitrogen and oxygen atoms in total. The lowest BCUT2D eigenvalue weighted by Gasteiger charge is -2.14. The van der Waals surface area contributed by atoms with Crippen LogP contribution < -0.4 is 4.74 Å². The van der Waals surface area contributed by atoms with Crippen molar-refractivity contribution in [2.45, 2.75) is 27.7 Å². The Labute approximate surface area is 96.4 Å². The maximum absolute atomic E-state index is 11.8. The van der Waals surface area contributed by atoms with Gasteiger partial charge in [-0.05, 0) is 50.5 Å². The number of esters is 1. The molecule has 0 atom stereocenters. The molecule has 1 aromatic rings. The van der Waals surface area contributed by atoms with Crippen LogP contribution in [0.5, 0.6) is 5.75 Å². The van der Waals surface area contributed by atoms with Crippen molar-refractivity contribution in [2.75, 3.05) is 13.7 Å². The summed E-state index contributed by atoms with van der Waals surface area (Å²) >= 11 is 0. The summed E-state index contributed by atoms with van der Waals surface area (Å²) in [5.74, 6) is 0.263. The third kappa shape index (κ3) is 2.18. The van der Waals surface area contributed by atoms with E-state index in [1.807, 2.05) is 26.8 Å². The van der Waals surface area contributed by atoms with Crippen LogP contribution in [0, 0.1) is 20.8 Å². The molecule has 0 aromatic heterocycles. The van der Waals surface area contributed by atoms with Crippen LogP contribution in [0.3, 0.4) is 0 Å². The number of benzene rings is 1. The van der Waals surface area contributed by atoms with E-state index in [9.17, 15) is 4.79 Å². The van der Waals surface area contributed by atoms with Gasteiger partial charge in [0.05, 0.1) is 13.7 Å². The van der Waals surface area contributed by atoms with E-state index >= 15 is 0 Å². The molecule has 16 heavy (non-hydrogen) atoms. The van der Waals surface area contributed by atoms with Gasteiger partial charge in [-0.25, -0.2) is 4.79 Å². The molecule has 1 rings (SSSR count). The zero-order valence-electron chi connectivity index (χ0n) is 10.5. The fourth-order valence-corrected chi connectivity index (χ4v) is 1.66. The Hall–Kier alpha value is -1.51. The predicted molar refractivity (Wildman–Crippen MR) is 63.2 cm³/mol. The van der Waals surface area contributed by atoms with Gasteiger partial charge in [0.25, 0.3) is 0 Å². The lowest BCUT2D eigenvalue weighted by Crippen LogP contribution is -2.10. The van der Waals surface area contributed by atoms with Gasteiger partial charge in [0, 0.05) is 0 Å². The molecular weight excluding hydrogens is 204 g/mol. The van der Waals surface area contributed by atoms with Crippen LogP contribution in [-0.2, 0) is 4.74 Å². The Morgan fingerprint density at radius 1 is 1.25 bits per heavy atom. The normalized spacial score (nSPS) is 10.1. The summed E-state index contributed by atoms with van der Waals surface area (Å²) in [6.45, 7) is 8.07. The molecule has 0 aliphatic carbocycles. The van der Waals surface area contributed by atoms with Gasteiger partial charge in [-0.1, -0.05) is 0 Å². The summed E-state index contributed by atoms with van der Waals surface area (Å²) in [5.41, 5.74) is 3.68.